The van der Waals surface area contributed by atoms with Gasteiger partial charge in [-0.25, -0.2) is 0 Å². The van der Waals surface area contributed by atoms with Gasteiger partial charge < -0.3 is 20.1 Å². The van der Waals surface area contributed by atoms with Crippen molar-refractivity contribution in [3.63, 3.8) is 0 Å². The largest absolute Gasteiger partial charge is 0.486 e. The molecule has 30 heavy (non-hydrogen) atoms. The van der Waals surface area contributed by atoms with Gasteiger partial charge in [-0.15, -0.1) is 0 Å². The molecule has 2 amide bonds. The van der Waals surface area contributed by atoms with Gasteiger partial charge in [-0.1, -0.05) is 29.8 Å². The molecular weight excluding hydrogens is 406 g/mol. The van der Waals surface area contributed by atoms with Gasteiger partial charge in [0.05, 0.1) is 23.2 Å². The number of hydrogen-bond donors (Lipinski definition) is 2. The molecule has 158 valence electrons. The van der Waals surface area contributed by atoms with Crippen molar-refractivity contribution in [3.05, 3.63) is 47.5 Å². The fourth-order valence-electron chi connectivity index (χ4n) is 3.73. The zero-order chi connectivity index (χ0) is 20.9. The Morgan fingerprint density at radius 1 is 1.07 bits per heavy atom. The molecule has 2 aliphatic heterocycles. The molecule has 1 fully saturated rings. The summed E-state index contributed by atoms with van der Waals surface area (Å²) in [6.45, 7) is 2.45. The minimum atomic E-state index is -0.183. The summed E-state index contributed by atoms with van der Waals surface area (Å²) < 4.78 is 11.0. The van der Waals surface area contributed by atoms with Crippen molar-refractivity contribution in [3.8, 4) is 11.5 Å². The second-order valence-electron chi connectivity index (χ2n) is 7.45. The van der Waals surface area contributed by atoms with Crippen LogP contribution in [0, 0.1) is 5.92 Å². The summed E-state index contributed by atoms with van der Waals surface area (Å²) in [6, 6.07) is 12.7. The van der Waals surface area contributed by atoms with E-state index in [1.165, 1.54) is 0 Å². The Balaban J connectivity index is 1.33. The normalized spacial score (nSPS) is 18.5. The van der Waals surface area contributed by atoms with E-state index in [0.717, 1.165) is 25.1 Å². The quantitative estimate of drug-likeness (QED) is 0.761. The molecule has 1 unspecified atom stereocenters. The molecule has 1 saturated heterocycles. The smallest absolute Gasteiger partial charge is 0.238 e. The first kappa shape index (κ1) is 20.5. The molecule has 2 heterocycles. The minimum Gasteiger partial charge on any atom is -0.486 e. The molecule has 2 aliphatic rings. The molecule has 2 aromatic rings. The second kappa shape index (κ2) is 9.36. The number of anilines is 2. The van der Waals surface area contributed by atoms with Gasteiger partial charge in [-0.05, 0) is 31.5 Å². The fourth-order valence-corrected chi connectivity index (χ4v) is 3.93. The highest BCUT2D eigenvalue weighted by molar-refractivity contribution is 6.34. The first-order valence-electron chi connectivity index (χ1n) is 10.1. The Labute approximate surface area is 180 Å². The lowest BCUT2D eigenvalue weighted by atomic mass is 9.97. The average Bonchev–Trinajstić information content (AvgIpc) is 2.75. The predicted octanol–water partition coefficient (Wildman–Crippen LogP) is 3.40. The maximum absolute atomic E-state index is 12.6. The molecule has 7 nitrogen and oxygen atoms in total. The highest BCUT2D eigenvalue weighted by atomic mass is 35.5. The summed E-state index contributed by atoms with van der Waals surface area (Å²) in [5, 5.41) is 6.19. The summed E-state index contributed by atoms with van der Waals surface area (Å²) in [5.41, 5.74) is 1.27. The number of benzene rings is 2. The van der Waals surface area contributed by atoms with Crippen molar-refractivity contribution in [1.29, 1.82) is 0 Å². The van der Waals surface area contributed by atoms with Gasteiger partial charge in [0.25, 0.3) is 0 Å². The Kier molecular flexibility index (Phi) is 6.40. The number of likely N-dealkylation sites (tertiary alicyclic amines) is 1. The maximum Gasteiger partial charge on any atom is 0.238 e. The summed E-state index contributed by atoms with van der Waals surface area (Å²) in [7, 11) is 0. The van der Waals surface area contributed by atoms with E-state index < -0.39 is 0 Å². The van der Waals surface area contributed by atoms with Crippen LogP contribution in [0.4, 0.5) is 11.4 Å². The number of nitrogens with zero attached hydrogens (tertiary/aromatic N) is 1. The number of nitrogens with one attached hydrogen (secondary N) is 2. The lowest BCUT2D eigenvalue weighted by molar-refractivity contribution is -0.123. The number of ether oxygens (including phenoxy) is 2. The van der Waals surface area contributed by atoms with Crippen LogP contribution in [0.25, 0.3) is 0 Å². The fraction of sp³-hybridized carbons (Fsp3) is 0.364. The lowest BCUT2D eigenvalue weighted by Crippen LogP contribution is -2.44. The Morgan fingerprint density at radius 2 is 1.80 bits per heavy atom. The summed E-state index contributed by atoms with van der Waals surface area (Å²) in [6.07, 6.45) is 1.68. The predicted molar refractivity (Wildman–Crippen MR) is 115 cm³/mol. The topological polar surface area (TPSA) is 79.9 Å². The van der Waals surface area contributed by atoms with Crippen LogP contribution in [0.2, 0.25) is 5.02 Å². The van der Waals surface area contributed by atoms with E-state index in [0.29, 0.717) is 42.0 Å². The second-order valence-corrected chi connectivity index (χ2v) is 7.86. The summed E-state index contributed by atoms with van der Waals surface area (Å²) in [4.78, 5) is 27.2. The Morgan fingerprint density at radius 3 is 2.57 bits per heavy atom. The standard InChI is InChI=1S/C22H24ClN3O4/c23-17-11-19-20(30-10-9-29-19)12-18(17)25-21(27)14-26-8-4-5-15(13-26)22(28)24-16-6-2-1-3-7-16/h1-3,6-7,11-12,15H,4-5,8-10,13-14H2,(H,24,28)(H,25,27). The number of carbonyl (C=O) groups is 2. The molecular formula is C22H24ClN3O4. The van der Waals surface area contributed by atoms with Gasteiger partial charge in [0.2, 0.25) is 11.8 Å². The number of halogens is 1. The van der Waals surface area contributed by atoms with Gasteiger partial charge >= 0.3 is 0 Å². The first-order valence-corrected chi connectivity index (χ1v) is 10.4. The van der Waals surface area contributed by atoms with E-state index in [9.17, 15) is 9.59 Å². The van der Waals surface area contributed by atoms with Crippen LogP contribution in [0.5, 0.6) is 11.5 Å². The molecule has 8 heteroatoms. The number of carbonyl (C=O) groups excluding carboxylic acids is 2. The molecule has 0 saturated carbocycles. The zero-order valence-corrected chi connectivity index (χ0v) is 17.3. The highest BCUT2D eigenvalue weighted by Crippen LogP contribution is 2.38. The van der Waals surface area contributed by atoms with Gasteiger partial charge in [-0.3, -0.25) is 14.5 Å². The minimum absolute atomic E-state index is 0.0128. The third-order valence-electron chi connectivity index (χ3n) is 5.19. The molecule has 0 bridgehead atoms. The van der Waals surface area contributed by atoms with Crippen molar-refractivity contribution in [2.45, 2.75) is 12.8 Å². The van der Waals surface area contributed by atoms with Gasteiger partial charge in [0.15, 0.2) is 11.5 Å². The lowest BCUT2D eigenvalue weighted by Gasteiger charge is -2.31. The van der Waals surface area contributed by atoms with Crippen molar-refractivity contribution in [1.82, 2.24) is 4.90 Å². The van der Waals surface area contributed by atoms with Gasteiger partial charge in [0, 0.05) is 24.4 Å². The molecule has 0 radical (unpaired) electrons. The molecule has 2 aromatic carbocycles. The van der Waals surface area contributed by atoms with Crippen LogP contribution < -0.4 is 20.1 Å². The third-order valence-corrected chi connectivity index (χ3v) is 5.50. The van der Waals surface area contributed by atoms with Crippen molar-refractivity contribution in [2.75, 3.05) is 43.5 Å². The summed E-state index contributed by atoms with van der Waals surface area (Å²) >= 11 is 6.27. The Bertz CT molecular complexity index is 922. The zero-order valence-electron chi connectivity index (χ0n) is 16.5. The van der Waals surface area contributed by atoms with Crippen LogP contribution in [0.15, 0.2) is 42.5 Å². The van der Waals surface area contributed by atoms with E-state index in [1.807, 2.05) is 35.2 Å². The van der Waals surface area contributed by atoms with E-state index in [2.05, 4.69) is 10.6 Å². The van der Waals surface area contributed by atoms with Crippen LogP contribution in [-0.4, -0.2) is 49.6 Å². The van der Waals surface area contributed by atoms with Crippen LogP contribution in [0.3, 0.4) is 0 Å². The van der Waals surface area contributed by atoms with Crippen molar-refractivity contribution >= 4 is 34.8 Å². The van der Waals surface area contributed by atoms with Gasteiger partial charge in [0.1, 0.15) is 13.2 Å². The molecule has 0 aliphatic carbocycles. The number of piperidine rings is 1. The number of hydrogen-bond acceptors (Lipinski definition) is 5. The number of para-hydroxylation sites is 1. The number of fused-ring (bicyclic) bond motifs is 1. The van der Waals surface area contributed by atoms with E-state index in [-0.39, 0.29) is 24.3 Å². The van der Waals surface area contributed by atoms with Crippen LogP contribution in [0.1, 0.15) is 12.8 Å². The first-order chi connectivity index (χ1) is 14.6. The maximum atomic E-state index is 12.6. The van der Waals surface area contributed by atoms with Crippen molar-refractivity contribution < 1.29 is 19.1 Å². The van der Waals surface area contributed by atoms with Crippen LogP contribution >= 0.6 is 11.6 Å². The van der Waals surface area contributed by atoms with E-state index in [4.69, 9.17) is 21.1 Å². The number of rotatable bonds is 5. The number of amides is 2. The summed E-state index contributed by atoms with van der Waals surface area (Å²) in [5.74, 6) is 0.799. The third kappa shape index (κ3) is 5.04. The van der Waals surface area contributed by atoms with Crippen LogP contribution in [-0.2, 0) is 9.59 Å². The van der Waals surface area contributed by atoms with E-state index >= 15 is 0 Å². The van der Waals surface area contributed by atoms with E-state index in [1.54, 1.807) is 12.1 Å². The molecule has 4 rings (SSSR count). The molecule has 0 aromatic heterocycles. The molecule has 0 spiro atoms. The SMILES string of the molecule is O=C(CN1CCCC(C(=O)Nc2ccccc2)C1)Nc1cc2c(cc1Cl)OCCO2. The monoisotopic (exact) mass is 429 g/mol. The highest BCUT2D eigenvalue weighted by Gasteiger charge is 2.27. The van der Waals surface area contributed by atoms with Crippen molar-refractivity contribution in [2.24, 2.45) is 5.92 Å². The molecule has 2 N–H and O–H groups in total. The average molecular weight is 430 g/mol. The molecule has 1 atom stereocenters. The Hall–Kier alpha value is -2.77. The van der Waals surface area contributed by atoms with Gasteiger partial charge in [-0.2, -0.15) is 0 Å².